The van der Waals surface area contributed by atoms with Crippen LogP contribution in [0.4, 0.5) is 16.2 Å². The Morgan fingerprint density at radius 1 is 1.21 bits per heavy atom. The number of urea groups is 1. The lowest BCUT2D eigenvalue weighted by molar-refractivity contribution is -0.119. The van der Waals surface area contributed by atoms with Crippen LogP contribution in [0.25, 0.3) is 0 Å². The van der Waals surface area contributed by atoms with Gasteiger partial charge in [-0.2, -0.15) is 5.10 Å². The van der Waals surface area contributed by atoms with Gasteiger partial charge in [0.15, 0.2) is 0 Å². The monoisotopic (exact) mass is 385 g/mol. The molecule has 2 heterocycles. The Morgan fingerprint density at radius 2 is 2.04 bits per heavy atom. The summed E-state index contributed by atoms with van der Waals surface area (Å²) in [6, 6.07) is 9.12. The number of benzene rings is 1. The molecule has 1 unspecified atom stereocenters. The summed E-state index contributed by atoms with van der Waals surface area (Å²) in [6.45, 7) is 1.53. The van der Waals surface area contributed by atoms with E-state index in [1.165, 1.54) is 7.11 Å². The molecule has 2 N–H and O–H groups in total. The van der Waals surface area contributed by atoms with Crippen molar-refractivity contribution in [3.8, 4) is 0 Å². The van der Waals surface area contributed by atoms with Gasteiger partial charge in [0, 0.05) is 50.0 Å². The quantitative estimate of drug-likeness (QED) is 0.767. The van der Waals surface area contributed by atoms with Crippen molar-refractivity contribution in [2.24, 2.45) is 0 Å². The number of aryl methyl sites for hydroxylation is 1. The van der Waals surface area contributed by atoms with Crippen molar-refractivity contribution in [3.63, 3.8) is 0 Å². The third-order valence-electron chi connectivity index (χ3n) is 4.81. The first-order valence-corrected chi connectivity index (χ1v) is 9.59. The Balaban J connectivity index is 1.59. The number of methoxy groups -OCH3 is 1. The molecule has 1 fully saturated rings. The summed E-state index contributed by atoms with van der Waals surface area (Å²) in [4.78, 5) is 26.4. The maximum absolute atomic E-state index is 12.9. The van der Waals surface area contributed by atoms with Crippen LogP contribution in [0.1, 0.15) is 25.7 Å². The van der Waals surface area contributed by atoms with Gasteiger partial charge in [0.25, 0.3) is 0 Å². The fourth-order valence-electron chi connectivity index (χ4n) is 3.48. The van der Waals surface area contributed by atoms with Crippen molar-refractivity contribution >= 4 is 23.3 Å². The summed E-state index contributed by atoms with van der Waals surface area (Å²) < 4.78 is 6.72. The maximum atomic E-state index is 12.9. The number of likely N-dealkylation sites (tertiary alicyclic amines) is 1. The van der Waals surface area contributed by atoms with Crippen molar-refractivity contribution in [2.45, 2.75) is 38.3 Å². The van der Waals surface area contributed by atoms with E-state index in [9.17, 15) is 9.59 Å². The first-order valence-electron chi connectivity index (χ1n) is 9.59. The minimum absolute atomic E-state index is 0.0116. The van der Waals surface area contributed by atoms with Gasteiger partial charge < -0.3 is 20.3 Å². The molecule has 1 aliphatic rings. The summed E-state index contributed by atoms with van der Waals surface area (Å²) in [6.07, 6.45) is 7.73. The SMILES string of the molecule is COCC(=O)Nc1cccc(NC(=O)N2CCCCC2CCn2cccn2)c1. The lowest BCUT2D eigenvalue weighted by Crippen LogP contribution is -2.46. The van der Waals surface area contributed by atoms with E-state index in [4.69, 9.17) is 4.74 Å². The Hall–Kier alpha value is -2.87. The minimum Gasteiger partial charge on any atom is -0.375 e. The molecule has 0 saturated carbocycles. The summed E-state index contributed by atoms with van der Waals surface area (Å²) in [5, 5.41) is 9.94. The Bertz CT molecular complexity index is 778. The van der Waals surface area contributed by atoms with Crippen molar-refractivity contribution < 1.29 is 14.3 Å². The molecule has 0 aliphatic carbocycles. The molecule has 1 aromatic carbocycles. The smallest absolute Gasteiger partial charge is 0.322 e. The van der Waals surface area contributed by atoms with Gasteiger partial charge in [-0.05, 0) is 49.9 Å². The highest BCUT2D eigenvalue weighted by molar-refractivity contribution is 5.94. The summed E-state index contributed by atoms with van der Waals surface area (Å²) in [5.41, 5.74) is 1.27. The van der Waals surface area contributed by atoms with E-state index in [2.05, 4.69) is 15.7 Å². The highest BCUT2D eigenvalue weighted by Crippen LogP contribution is 2.22. The van der Waals surface area contributed by atoms with E-state index in [-0.39, 0.29) is 24.6 Å². The number of anilines is 2. The molecule has 1 atom stereocenters. The zero-order chi connectivity index (χ0) is 19.8. The molecule has 1 aromatic heterocycles. The molecule has 2 aromatic rings. The van der Waals surface area contributed by atoms with Crippen molar-refractivity contribution in [3.05, 3.63) is 42.7 Å². The van der Waals surface area contributed by atoms with Crippen LogP contribution in [0.3, 0.4) is 0 Å². The predicted molar refractivity (Wildman–Crippen MR) is 107 cm³/mol. The summed E-state index contributed by atoms with van der Waals surface area (Å²) >= 11 is 0. The van der Waals surface area contributed by atoms with Crippen LogP contribution in [-0.4, -0.2) is 52.9 Å². The van der Waals surface area contributed by atoms with Gasteiger partial charge in [0.05, 0.1) is 0 Å². The Kier molecular flexibility index (Phi) is 7.02. The molecule has 3 rings (SSSR count). The van der Waals surface area contributed by atoms with Crippen LogP contribution in [0.15, 0.2) is 42.7 Å². The number of nitrogens with zero attached hydrogens (tertiary/aromatic N) is 3. The zero-order valence-electron chi connectivity index (χ0n) is 16.1. The topological polar surface area (TPSA) is 88.5 Å². The highest BCUT2D eigenvalue weighted by Gasteiger charge is 2.26. The molecule has 8 nitrogen and oxygen atoms in total. The molecule has 1 aliphatic heterocycles. The molecule has 1 saturated heterocycles. The van der Waals surface area contributed by atoms with Gasteiger partial charge in [0.2, 0.25) is 5.91 Å². The van der Waals surface area contributed by atoms with Crippen LogP contribution < -0.4 is 10.6 Å². The summed E-state index contributed by atoms with van der Waals surface area (Å²) in [7, 11) is 1.47. The largest absolute Gasteiger partial charge is 0.375 e. The first kappa shape index (κ1) is 19.9. The molecule has 0 bridgehead atoms. The van der Waals surface area contributed by atoms with Crippen LogP contribution in [0.2, 0.25) is 0 Å². The highest BCUT2D eigenvalue weighted by atomic mass is 16.5. The van der Waals surface area contributed by atoms with Gasteiger partial charge in [-0.3, -0.25) is 9.48 Å². The third-order valence-corrected chi connectivity index (χ3v) is 4.81. The second-order valence-electron chi connectivity index (χ2n) is 6.89. The molecule has 0 radical (unpaired) electrons. The maximum Gasteiger partial charge on any atom is 0.322 e. The number of ether oxygens (including phenoxy) is 1. The first-order chi connectivity index (χ1) is 13.7. The molecule has 3 amide bonds. The standard InChI is InChI=1S/C20H27N5O3/c1-28-15-19(26)22-16-6-4-7-17(14-16)23-20(27)25-12-3-2-8-18(25)9-13-24-11-5-10-21-24/h4-7,10-11,14,18H,2-3,8-9,12-13,15H2,1H3,(H,22,26)(H,23,27). The average molecular weight is 385 g/mol. The number of hydrogen-bond acceptors (Lipinski definition) is 4. The third kappa shape index (κ3) is 5.56. The number of amides is 3. The van der Waals surface area contributed by atoms with Gasteiger partial charge in [0.1, 0.15) is 6.61 Å². The number of hydrogen-bond donors (Lipinski definition) is 2. The van der Waals surface area contributed by atoms with Gasteiger partial charge in [-0.15, -0.1) is 0 Å². The van der Waals surface area contributed by atoms with E-state index in [1.54, 1.807) is 24.4 Å². The summed E-state index contributed by atoms with van der Waals surface area (Å²) in [5.74, 6) is -0.235. The zero-order valence-corrected chi connectivity index (χ0v) is 16.1. The van der Waals surface area contributed by atoms with Crippen LogP contribution in [-0.2, 0) is 16.1 Å². The normalized spacial score (nSPS) is 16.6. The van der Waals surface area contributed by atoms with E-state index < -0.39 is 0 Å². The Labute approximate surface area is 164 Å². The van der Waals surface area contributed by atoms with E-state index >= 15 is 0 Å². The van der Waals surface area contributed by atoms with Crippen molar-refractivity contribution in [1.29, 1.82) is 0 Å². The number of nitrogens with one attached hydrogen (secondary N) is 2. The number of carbonyl (C=O) groups excluding carboxylic acids is 2. The van der Waals surface area contributed by atoms with Crippen molar-refractivity contribution in [1.82, 2.24) is 14.7 Å². The lowest BCUT2D eigenvalue weighted by Gasteiger charge is -2.35. The average Bonchev–Trinajstić information content (AvgIpc) is 3.20. The molecular weight excluding hydrogens is 358 g/mol. The number of aromatic nitrogens is 2. The van der Waals surface area contributed by atoms with E-state index in [0.717, 1.165) is 38.8 Å². The lowest BCUT2D eigenvalue weighted by atomic mass is 10.00. The minimum atomic E-state index is -0.235. The molecule has 28 heavy (non-hydrogen) atoms. The molecule has 150 valence electrons. The van der Waals surface area contributed by atoms with Crippen LogP contribution in [0.5, 0.6) is 0 Å². The Morgan fingerprint density at radius 3 is 2.79 bits per heavy atom. The fourth-order valence-corrected chi connectivity index (χ4v) is 3.48. The molecular formula is C20H27N5O3. The van der Waals surface area contributed by atoms with E-state index in [0.29, 0.717) is 11.4 Å². The van der Waals surface area contributed by atoms with Crippen LogP contribution in [0, 0.1) is 0 Å². The van der Waals surface area contributed by atoms with Gasteiger partial charge >= 0.3 is 6.03 Å². The van der Waals surface area contributed by atoms with Gasteiger partial charge in [-0.25, -0.2) is 4.79 Å². The predicted octanol–water partition coefficient (Wildman–Crippen LogP) is 2.94. The van der Waals surface area contributed by atoms with Gasteiger partial charge in [-0.1, -0.05) is 6.07 Å². The number of piperidine rings is 1. The number of carbonyl (C=O) groups is 2. The second-order valence-corrected chi connectivity index (χ2v) is 6.89. The van der Waals surface area contributed by atoms with Crippen LogP contribution >= 0.6 is 0 Å². The second kappa shape index (κ2) is 9.89. The molecule has 8 heteroatoms. The van der Waals surface area contributed by atoms with Crippen molar-refractivity contribution in [2.75, 3.05) is 30.9 Å². The van der Waals surface area contributed by atoms with E-state index in [1.807, 2.05) is 27.9 Å². The number of rotatable bonds is 7. The fraction of sp³-hybridized carbons (Fsp3) is 0.450. The molecule has 0 spiro atoms.